The summed E-state index contributed by atoms with van der Waals surface area (Å²) in [5, 5.41) is 21.6. The van der Waals surface area contributed by atoms with E-state index in [0.29, 0.717) is 30.8 Å². The number of nitrogens with zero attached hydrogens (tertiary/aromatic N) is 4. The van der Waals surface area contributed by atoms with Crippen LogP contribution in [-0.4, -0.2) is 75.6 Å². The van der Waals surface area contributed by atoms with Crippen molar-refractivity contribution in [2.45, 2.75) is 24.5 Å². The number of piperazine rings is 1. The highest BCUT2D eigenvalue weighted by molar-refractivity contribution is 7.13. The van der Waals surface area contributed by atoms with E-state index in [0.717, 1.165) is 29.5 Å². The molecule has 1 aliphatic heterocycles. The van der Waals surface area contributed by atoms with E-state index in [-0.39, 0.29) is 36.0 Å². The molecule has 2 heterocycles. The Bertz CT molecular complexity index is 1360. The Morgan fingerprint density at radius 1 is 0.927 bits per heavy atom. The molecule has 17 heteroatoms. The molecule has 1 saturated heterocycles. The van der Waals surface area contributed by atoms with Crippen molar-refractivity contribution in [1.82, 2.24) is 20.0 Å². The normalized spacial score (nSPS) is 15.1. The lowest BCUT2D eigenvalue weighted by Crippen LogP contribution is -2.53. The van der Waals surface area contributed by atoms with Gasteiger partial charge in [0.1, 0.15) is 11.3 Å². The Labute approximate surface area is 231 Å². The van der Waals surface area contributed by atoms with Gasteiger partial charge in [-0.1, -0.05) is 35.6 Å². The van der Waals surface area contributed by atoms with Crippen LogP contribution in [0.3, 0.4) is 0 Å². The first-order valence-electron chi connectivity index (χ1n) is 11.8. The van der Waals surface area contributed by atoms with Gasteiger partial charge in [-0.3, -0.25) is 15.0 Å². The molecular formula is C24H21F7N6O3S. The summed E-state index contributed by atoms with van der Waals surface area (Å²) < 4.78 is 93.1. The number of carbonyl (C=O) groups is 2. The molecule has 0 spiro atoms. The Morgan fingerprint density at radius 2 is 1.56 bits per heavy atom. The standard InChI is InChI=1S/C24H21F7N6O3S/c25-17-11-15(3-6-18(17)33-20(39)34-21-35-32-13-41-21)19(38)37-9-7-36(8-10-37)12-14-1-4-16(5-2-14)22(40,23(26,27)28)24(29,30)31/h1-6,11,13,40H,7-10,12H2,(H2,33,34,35,39). The quantitative estimate of drug-likeness (QED) is 0.354. The second-order valence-electron chi connectivity index (χ2n) is 8.99. The van der Waals surface area contributed by atoms with E-state index in [9.17, 15) is 45.4 Å². The number of aliphatic hydroxyl groups is 1. The highest BCUT2D eigenvalue weighted by Gasteiger charge is 2.71. The predicted molar refractivity (Wildman–Crippen MR) is 133 cm³/mol. The summed E-state index contributed by atoms with van der Waals surface area (Å²) >= 11 is 1.07. The third kappa shape index (κ3) is 6.57. The second kappa shape index (κ2) is 11.6. The second-order valence-corrected chi connectivity index (χ2v) is 9.82. The Kier molecular flexibility index (Phi) is 8.51. The molecule has 1 aromatic heterocycles. The Balaban J connectivity index is 1.32. The van der Waals surface area contributed by atoms with Gasteiger partial charge in [-0.2, -0.15) is 26.3 Å². The first kappa shape index (κ1) is 30.1. The van der Waals surface area contributed by atoms with Gasteiger partial charge in [0.15, 0.2) is 0 Å². The zero-order valence-electron chi connectivity index (χ0n) is 20.8. The molecule has 1 fully saturated rings. The molecule has 3 aromatic rings. The Hall–Kier alpha value is -3.83. The Morgan fingerprint density at radius 3 is 2.10 bits per heavy atom. The molecule has 0 unspecified atom stereocenters. The number of urea groups is 1. The summed E-state index contributed by atoms with van der Waals surface area (Å²) in [6, 6.07) is 6.14. The smallest absolute Gasteiger partial charge is 0.369 e. The molecule has 0 radical (unpaired) electrons. The van der Waals surface area contributed by atoms with Crippen molar-refractivity contribution in [1.29, 1.82) is 0 Å². The van der Waals surface area contributed by atoms with E-state index >= 15 is 0 Å². The molecule has 0 bridgehead atoms. The molecule has 0 aliphatic carbocycles. The maximum absolute atomic E-state index is 14.6. The van der Waals surface area contributed by atoms with Crippen LogP contribution in [0.15, 0.2) is 48.0 Å². The summed E-state index contributed by atoms with van der Waals surface area (Å²) in [4.78, 5) is 28.1. The number of halogens is 7. The minimum Gasteiger partial charge on any atom is -0.369 e. The molecule has 3 amide bonds. The van der Waals surface area contributed by atoms with Crippen molar-refractivity contribution in [2.75, 3.05) is 36.8 Å². The topological polar surface area (TPSA) is 111 Å². The van der Waals surface area contributed by atoms with Gasteiger partial charge < -0.3 is 15.3 Å². The van der Waals surface area contributed by atoms with Crippen molar-refractivity contribution >= 4 is 34.1 Å². The predicted octanol–water partition coefficient (Wildman–Crippen LogP) is 4.59. The van der Waals surface area contributed by atoms with Crippen LogP contribution in [0.4, 0.5) is 46.3 Å². The largest absolute Gasteiger partial charge is 0.430 e. The van der Waals surface area contributed by atoms with Gasteiger partial charge in [-0.05, 0) is 23.8 Å². The van der Waals surface area contributed by atoms with Crippen LogP contribution in [0.25, 0.3) is 0 Å². The number of nitrogens with one attached hydrogen (secondary N) is 2. The van der Waals surface area contributed by atoms with E-state index in [1.807, 2.05) is 4.90 Å². The molecular weight excluding hydrogens is 585 g/mol. The van der Waals surface area contributed by atoms with Crippen LogP contribution < -0.4 is 10.6 Å². The van der Waals surface area contributed by atoms with Crippen LogP contribution in [-0.2, 0) is 12.1 Å². The van der Waals surface area contributed by atoms with Gasteiger partial charge >= 0.3 is 18.4 Å². The van der Waals surface area contributed by atoms with Gasteiger partial charge in [0.2, 0.25) is 5.13 Å². The van der Waals surface area contributed by atoms with E-state index in [4.69, 9.17) is 0 Å². The van der Waals surface area contributed by atoms with E-state index in [1.54, 1.807) is 0 Å². The van der Waals surface area contributed by atoms with Crippen molar-refractivity contribution in [3.63, 3.8) is 0 Å². The molecule has 4 rings (SSSR count). The van der Waals surface area contributed by atoms with Crippen molar-refractivity contribution in [2.24, 2.45) is 0 Å². The number of benzene rings is 2. The summed E-state index contributed by atoms with van der Waals surface area (Å²) in [5.74, 6) is -1.30. The van der Waals surface area contributed by atoms with E-state index in [1.165, 1.54) is 22.5 Å². The lowest BCUT2D eigenvalue weighted by molar-refractivity contribution is -0.376. The molecule has 41 heavy (non-hydrogen) atoms. The fourth-order valence-electron chi connectivity index (χ4n) is 4.12. The number of aromatic nitrogens is 2. The highest BCUT2D eigenvalue weighted by Crippen LogP contribution is 2.50. The average molecular weight is 607 g/mol. The van der Waals surface area contributed by atoms with Gasteiger partial charge in [-0.15, -0.1) is 10.2 Å². The summed E-state index contributed by atoms with van der Waals surface area (Å²) in [6.07, 6.45) is -11.9. The number of rotatable bonds is 6. The molecule has 0 saturated carbocycles. The van der Waals surface area contributed by atoms with Crippen LogP contribution in [0.2, 0.25) is 0 Å². The third-order valence-corrected chi connectivity index (χ3v) is 6.91. The number of carbonyl (C=O) groups excluding carboxylic acids is 2. The first-order valence-corrected chi connectivity index (χ1v) is 12.7. The van der Waals surface area contributed by atoms with Gasteiger partial charge in [-0.25, -0.2) is 9.18 Å². The van der Waals surface area contributed by atoms with Crippen LogP contribution in [0.5, 0.6) is 0 Å². The van der Waals surface area contributed by atoms with Crippen molar-refractivity contribution in [3.05, 3.63) is 70.5 Å². The SMILES string of the molecule is O=C(Nc1nncs1)Nc1ccc(C(=O)N2CCN(Cc3ccc(C(O)(C(F)(F)F)C(F)(F)F)cc3)CC2)cc1F. The minimum absolute atomic E-state index is 0.0448. The highest BCUT2D eigenvalue weighted by atomic mass is 32.1. The number of amides is 3. The average Bonchev–Trinajstić information content (AvgIpc) is 3.41. The molecule has 220 valence electrons. The monoisotopic (exact) mass is 606 g/mol. The van der Waals surface area contributed by atoms with Gasteiger partial charge in [0.05, 0.1) is 5.69 Å². The number of anilines is 2. The minimum atomic E-state index is -5.97. The number of hydrogen-bond acceptors (Lipinski definition) is 7. The molecule has 2 aromatic carbocycles. The zero-order chi connectivity index (χ0) is 30.0. The van der Waals surface area contributed by atoms with Crippen LogP contribution in [0.1, 0.15) is 21.5 Å². The molecule has 9 nitrogen and oxygen atoms in total. The number of alkyl halides is 6. The van der Waals surface area contributed by atoms with Crippen LogP contribution >= 0.6 is 11.3 Å². The summed E-state index contributed by atoms with van der Waals surface area (Å²) in [5.41, 5.74) is -4.66. The summed E-state index contributed by atoms with van der Waals surface area (Å²) in [7, 11) is 0. The van der Waals surface area contributed by atoms with Gasteiger partial charge in [0.25, 0.3) is 11.5 Å². The fourth-order valence-corrected chi connectivity index (χ4v) is 4.56. The summed E-state index contributed by atoms with van der Waals surface area (Å²) in [6.45, 7) is 1.29. The van der Waals surface area contributed by atoms with E-state index in [2.05, 4.69) is 20.8 Å². The molecule has 1 aliphatic rings. The van der Waals surface area contributed by atoms with Crippen LogP contribution in [0, 0.1) is 5.82 Å². The first-order chi connectivity index (χ1) is 19.2. The zero-order valence-corrected chi connectivity index (χ0v) is 21.6. The molecule has 0 atom stereocenters. The lowest BCUT2D eigenvalue weighted by atomic mass is 9.91. The maximum atomic E-state index is 14.6. The fraction of sp³-hybridized carbons (Fsp3) is 0.333. The molecule has 3 N–H and O–H groups in total. The van der Waals surface area contributed by atoms with E-state index < -0.39 is 41.3 Å². The third-order valence-electron chi connectivity index (χ3n) is 6.30. The maximum Gasteiger partial charge on any atom is 0.430 e. The van der Waals surface area contributed by atoms with Gasteiger partial charge in [0, 0.05) is 43.9 Å². The van der Waals surface area contributed by atoms with Crippen molar-refractivity contribution < 1.29 is 45.4 Å². The number of hydrogen-bond donors (Lipinski definition) is 3. The van der Waals surface area contributed by atoms with Crippen molar-refractivity contribution in [3.8, 4) is 0 Å². The lowest BCUT2D eigenvalue weighted by Gasteiger charge is -2.35.